The zero-order chi connectivity index (χ0) is 21.0. The lowest BCUT2D eigenvalue weighted by atomic mass is 10.1. The van der Waals surface area contributed by atoms with E-state index >= 15 is 0 Å². The van der Waals surface area contributed by atoms with Gasteiger partial charge < -0.3 is 19.3 Å². The van der Waals surface area contributed by atoms with Crippen molar-refractivity contribution in [3.05, 3.63) is 58.1 Å². The lowest BCUT2D eigenvalue weighted by Crippen LogP contribution is -2.53. The van der Waals surface area contributed by atoms with Crippen LogP contribution in [0.2, 0.25) is 10.0 Å². The minimum atomic E-state index is -0.713. The van der Waals surface area contributed by atoms with Gasteiger partial charge in [-0.05, 0) is 43.3 Å². The number of nitrogens with zero attached hydrogens (tertiary/aromatic N) is 2. The molecule has 1 unspecified atom stereocenters. The predicted molar refractivity (Wildman–Crippen MR) is 112 cm³/mol. The van der Waals surface area contributed by atoms with E-state index in [4.69, 9.17) is 32.7 Å². The standard InChI is InChI=1S/C21H22Cl2N2O4/c1-14(29-18-5-3-4-17(22)19(18)23)20(26)24-10-12-25(13-11-24)21(27)15-6-8-16(28-2)9-7-15/h3-9,14H,10-13H2,1-2H3. The van der Waals surface area contributed by atoms with E-state index in [1.54, 1.807) is 66.3 Å². The van der Waals surface area contributed by atoms with Crippen LogP contribution < -0.4 is 9.47 Å². The normalized spacial score (nSPS) is 15.0. The van der Waals surface area contributed by atoms with Gasteiger partial charge in [0.25, 0.3) is 11.8 Å². The second-order valence-electron chi connectivity index (χ2n) is 6.66. The van der Waals surface area contributed by atoms with E-state index < -0.39 is 6.10 Å². The van der Waals surface area contributed by atoms with Crippen molar-refractivity contribution in [2.75, 3.05) is 33.3 Å². The summed E-state index contributed by atoms with van der Waals surface area (Å²) in [5.74, 6) is 0.853. The van der Waals surface area contributed by atoms with Gasteiger partial charge in [0.1, 0.15) is 16.5 Å². The van der Waals surface area contributed by atoms with Crippen molar-refractivity contribution in [3.63, 3.8) is 0 Å². The number of ether oxygens (including phenoxy) is 2. The summed E-state index contributed by atoms with van der Waals surface area (Å²) in [5, 5.41) is 0.651. The average molecular weight is 437 g/mol. The summed E-state index contributed by atoms with van der Waals surface area (Å²) in [7, 11) is 1.58. The summed E-state index contributed by atoms with van der Waals surface area (Å²) in [6, 6.07) is 12.0. The van der Waals surface area contributed by atoms with Crippen LogP contribution in [0.4, 0.5) is 0 Å². The summed E-state index contributed by atoms with van der Waals surface area (Å²) >= 11 is 12.1. The van der Waals surface area contributed by atoms with Crippen LogP contribution in [-0.4, -0.2) is 61.0 Å². The number of piperazine rings is 1. The van der Waals surface area contributed by atoms with Gasteiger partial charge in [0, 0.05) is 31.7 Å². The molecule has 0 radical (unpaired) electrons. The Bertz CT molecular complexity index is 881. The number of hydrogen-bond donors (Lipinski definition) is 0. The highest BCUT2D eigenvalue weighted by atomic mass is 35.5. The van der Waals surface area contributed by atoms with E-state index in [0.29, 0.717) is 48.3 Å². The SMILES string of the molecule is COc1ccc(C(=O)N2CCN(C(=O)C(C)Oc3cccc(Cl)c3Cl)CC2)cc1. The second kappa shape index (κ2) is 9.37. The van der Waals surface area contributed by atoms with Crippen LogP contribution in [-0.2, 0) is 4.79 Å². The van der Waals surface area contributed by atoms with Gasteiger partial charge >= 0.3 is 0 Å². The van der Waals surface area contributed by atoms with Crippen LogP contribution in [0.3, 0.4) is 0 Å². The van der Waals surface area contributed by atoms with Crippen molar-refractivity contribution in [2.45, 2.75) is 13.0 Å². The molecular weight excluding hydrogens is 415 g/mol. The van der Waals surface area contributed by atoms with Crippen LogP contribution in [0.25, 0.3) is 0 Å². The third-order valence-electron chi connectivity index (χ3n) is 4.78. The number of carbonyl (C=O) groups excluding carboxylic acids is 2. The van der Waals surface area contributed by atoms with E-state index in [9.17, 15) is 9.59 Å². The lowest BCUT2D eigenvalue weighted by molar-refractivity contribution is -0.139. The van der Waals surface area contributed by atoms with Gasteiger partial charge in [0.2, 0.25) is 0 Å². The highest BCUT2D eigenvalue weighted by Crippen LogP contribution is 2.32. The molecule has 1 atom stereocenters. The van der Waals surface area contributed by atoms with Crippen molar-refractivity contribution in [2.24, 2.45) is 0 Å². The maximum Gasteiger partial charge on any atom is 0.263 e. The molecule has 0 saturated carbocycles. The summed E-state index contributed by atoms with van der Waals surface area (Å²) in [6.07, 6.45) is -0.713. The molecule has 1 aliphatic heterocycles. The molecule has 1 heterocycles. The van der Waals surface area contributed by atoms with Crippen LogP contribution in [0, 0.1) is 0 Å². The van der Waals surface area contributed by atoms with E-state index in [-0.39, 0.29) is 16.8 Å². The van der Waals surface area contributed by atoms with Crippen molar-refractivity contribution in [3.8, 4) is 11.5 Å². The molecule has 3 rings (SSSR count). The Morgan fingerprint density at radius 3 is 2.21 bits per heavy atom. The average Bonchev–Trinajstić information content (AvgIpc) is 2.76. The van der Waals surface area contributed by atoms with Gasteiger partial charge in [-0.3, -0.25) is 9.59 Å². The molecule has 8 heteroatoms. The Hall–Kier alpha value is -2.44. The van der Waals surface area contributed by atoms with Crippen molar-refractivity contribution in [1.82, 2.24) is 9.80 Å². The Labute approximate surface area is 179 Å². The number of halogens is 2. The second-order valence-corrected chi connectivity index (χ2v) is 7.44. The summed E-state index contributed by atoms with van der Waals surface area (Å²) < 4.78 is 10.8. The maximum atomic E-state index is 12.7. The van der Waals surface area contributed by atoms with Crippen LogP contribution in [0.5, 0.6) is 11.5 Å². The van der Waals surface area contributed by atoms with Gasteiger partial charge in [0.05, 0.1) is 12.1 Å². The Balaban J connectivity index is 1.55. The quantitative estimate of drug-likeness (QED) is 0.715. The van der Waals surface area contributed by atoms with E-state index in [1.165, 1.54) is 0 Å². The van der Waals surface area contributed by atoms with Gasteiger partial charge in [-0.1, -0.05) is 29.3 Å². The molecule has 2 aromatic rings. The summed E-state index contributed by atoms with van der Waals surface area (Å²) in [5.41, 5.74) is 0.595. The molecule has 2 aromatic carbocycles. The first-order valence-electron chi connectivity index (χ1n) is 9.23. The molecule has 1 saturated heterocycles. The number of benzene rings is 2. The molecule has 0 spiro atoms. The largest absolute Gasteiger partial charge is 0.497 e. The van der Waals surface area contributed by atoms with Crippen molar-refractivity contribution in [1.29, 1.82) is 0 Å². The number of amides is 2. The maximum absolute atomic E-state index is 12.7. The molecule has 154 valence electrons. The first kappa shape index (κ1) is 21.3. The third-order valence-corrected chi connectivity index (χ3v) is 5.58. The Morgan fingerprint density at radius 1 is 0.966 bits per heavy atom. The van der Waals surface area contributed by atoms with E-state index in [0.717, 1.165) is 0 Å². The molecular formula is C21H22Cl2N2O4. The first-order chi connectivity index (χ1) is 13.9. The van der Waals surface area contributed by atoms with Crippen LogP contribution >= 0.6 is 23.2 Å². The Kier molecular flexibility index (Phi) is 6.87. The molecule has 0 N–H and O–H groups in total. The van der Waals surface area contributed by atoms with Gasteiger partial charge in [-0.25, -0.2) is 0 Å². The van der Waals surface area contributed by atoms with E-state index in [1.807, 2.05) is 0 Å². The highest BCUT2D eigenvalue weighted by Gasteiger charge is 2.28. The lowest BCUT2D eigenvalue weighted by Gasteiger charge is -2.36. The van der Waals surface area contributed by atoms with Crippen molar-refractivity contribution < 1.29 is 19.1 Å². The zero-order valence-electron chi connectivity index (χ0n) is 16.2. The molecule has 29 heavy (non-hydrogen) atoms. The topological polar surface area (TPSA) is 59.1 Å². The van der Waals surface area contributed by atoms with Crippen molar-refractivity contribution >= 4 is 35.0 Å². The van der Waals surface area contributed by atoms with Crippen LogP contribution in [0.1, 0.15) is 17.3 Å². The van der Waals surface area contributed by atoms with Gasteiger partial charge in [-0.2, -0.15) is 0 Å². The highest BCUT2D eigenvalue weighted by molar-refractivity contribution is 6.42. The molecule has 2 amide bonds. The third kappa shape index (κ3) is 4.95. The zero-order valence-corrected chi connectivity index (χ0v) is 17.7. The molecule has 6 nitrogen and oxygen atoms in total. The monoisotopic (exact) mass is 436 g/mol. The molecule has 0 bridgehead atoms. The minimum absolute atomic E-state index is 0.0604. The number of methoxy groups -OCH3 is 1. The molecule has 1 fully saturated rings. The fourth-order valence-electron chi connectivity index (χ4n) is 3.12. The fourth-order valence-corrected chi connectivity index (χ4v) is 3.46. The molecule has 0 aromatic heterocycles. The minimum Gasteiger partial charge on any atom is -0.497 e. The van der Waals surface area contributed by atoms with E-state index in [2.05, 4.69) is 0 Å². The molecule has 1 aliphatic rings. The number of hydrogen-bond acceptors (Lipinski definition) is 4. The fraction of sp³-hybridized carbons (Fsp3) is 0.333. The van der Waals surface area contributed by atoms with Gasteiger partial charge in [-0.15, -0.1) is 0 Å². The number of carbonyl (C=O) groups is 2. The van der Waals surface area contributed by atoms with Crippen LogP contribution in [0.15, 0.2) is 42.5 Å². The predicted octanol–water partition coefficient (Wildman–Crippen LogP) is 3.75. The smallest absolute Gasteiger partial charge is 0.263 e. The summed E-state index contributed by atoms with van der Waals surface area (Å²) in [6.45, 7) is 3.48. The number of rotatable bonds is 5. The first-order valence-corrected chi connectivity index (χ1v) is 9.99. The van der Waals surface area contributed by atoms with Gasteiger partial charge in [0.15, 0.2) is 6.10 Å². The Morgan fingerprint density at radius 2 is 1.59 bits per heavy atom. The summed E-state index contributed by atoms with van der Waals surface area (Å²) in [4.78, 5) is 28.8. The molecule has 0 aliphatic carbocycles.